The summed E-state index contributed by atoms with van der Waals surface area (Å²) < 4.78 is 46.3. The Bertz CT molecular complexity index is 1290. The van der Waals surface area contributed by atoms with Gasteiger partial charge in [0.1, 0.15) is 6.10 Å². The molecule has 1 atom stereocenters. The maximum absolute atomic E-state index is 13.3. The van der Waals surface area contributed by atoms with Crippen LogP contribution in [0.1, 0.15) is 28.9 Å². The van der Waals surface area contributed by atoms with Crippen molar-refractivity contribution in [2.24, 2.45) is 0 Å². The van der Waals surface area contributed by atoms with Gasteiger partial charge in [0, 0.05) is 25.1 Å². The van der Waals surface area contributed by atoms with Crippen LogP contribution in [0.2, 0.25) is 0 Å². The number of hydrogen-bond donors (Lipinski definition) is 0. The number of benzene rings is 1. The Morgan fingerprint density at radius 3 is 2.70 bits per heavy atom. The van der Waals surface area contributed by atoms with Crippen molar-refractivity contribution in [1.82, 2.24) is 34.3 Å². The lowest BCUT2D eigenvalue weighted by atomic mass is 10.1. The first-order chi connectivity index (χ1) is 15.9. The van der Waals surface area contributed by atoms with E-state index < -0.39 is 18.0 Å². The van der Waals surface area contributed by atoms with E-state index in [1.807, 2.05) is 0 Å². The van der Waals surface area contributed by atoms with Crippen LogP contribution >= 0.6 is 0 Å². The Morgan fingerprint density at radius 2 is 1.91 bits per heavy atom. The van der Waals surface area contributed by atoms with Gasteiger partial charge in [0.2, 0.25) is 5.65 Å². The molecule has 170 valence electrons. The highest BCUT2D eigenvalue weighted by molar-refractivity contribution is 5.97. The molecule has 0 radical (unpaired) electrons. The number of halogens is 3. The third-order valence-corrected chi connectivity index (χ3v) is 5.35. The van der Waals surface area contributed by atoms with Crippen LogP contribution in [0.4, 0.5) is 13.2 Å². The molecule has 1 aliphatic heterocycles. The number of piperidine rings is 1. The van der Waals surface area contributed by atoms with Crippen LogP contribution in [-0.4, -0.2) is 59.4 Å². The lowest BCUT2D eigenvalue weighted by Gasteiger charge is -2.33. The van der Waals surface area contributed by atoms with E-state index in [-0.39, 0.29) is 24.0 Å². The van der Waals surface area contributed by atoms with Gasteiger partial charge < -0.3 is 14.0 Å². The van der Waals surface area contributed by atoms with Gasteiger partial charge in [-0.15, -0.1) is 0 Å². The van der Waals surface area contributed by atoms with Gasteiger partial charge in [0.25, 0.3) is 11.8 Å². The smallest absolute Gasteiger partial charge is 0.434 e. The minimum Gasteiger partial charge on any atom is -0.470 e. The van der Waals surface area contributed by atoms with Crippen molar-refractivity contribution in [3.63, 3.8) is 0 Å². The molecule has 0 bridgehead atoms. The first-order valence-electron chi connectivity index (χ1n) is 10.2. The Balaban J connectivity index is 1.36. The van der Waals surface area contributed by atoms with Crippen molar-refractivity contribution in [2.45, 2.75) is 25.1 Å². The Kier molecular flexibility index (Phi) is 5.19. The number of para-hydroxylation sites is 1. The molecule has 1 aromatic carbocycles. The number of carbonyl (C=O) groups excluding carboxylic acids is 1. The average Bonchev–Trinajstić information content (AvgIpc) is 3.49. The molecule has 33 heavy (non-hydrogen) atoms. The molecule has 0 saturated carbocycles. The van der Waals surface area contributed by atoms with E-state index in [1.54, 1.807) is 29.2 Å². The van der Waals surface area contributed by atoms with Gasteiger partial charge in [-0.05, 0) is 25.0 Å². The van der Waals surface area contributed by atoms with Crippen LogP contribution in [0.3, 0.4) is 0 Å². The molecule has 4 heterocycles. The predicted octanol–water partition coefficient (Wildman–Crippen LogP) is 3.01. The second-order valence-corrected chi connectivity index (χ2v) is 7.56. The molecule has 1 fully saturated rings. The number of fused-ring (bicyclic) bond motifs is 1. The van der Waals surface area contributed by atoms with Crippen LogP contribution in [0.15, 0.2) is 55.2 Å². The molecule has 1 aliphatic rings. The molecule has 5 rings (SSSR count). The number of amides is 1. The maximum atomic E-state index is 13.3. The molecule has 1 saturated heterocycles. The van der Waals surface area contributed by atoms with Gasteiger partial charge in [-0.25, -0.2) is 9.97 Å². The highest BCUT2D eigenvalue weighted by Gasteiger charge is 2.35. The normalized spacial score (nSPS) is 16.8. The lowest BCUT2D eigenvalue weighted by molar-refractivity contribution is -0.140. The van der Waals surface area contributed by atoms with Crippen LogP contribution in [0.5, 0.6) is 5.88 Å². The van der Waals surface area contributed by atoms with Gasteiger partial charge in [-0.1, -0.05) is 12.1 Å². The van der Waals surface area contributed by atoms with Gasteiger partial charge in [0.15, 0.2) is 5.69 Å². The van der Waals surface area contributed by atoms with Gasteiger partial charge in [-0.3, -0.25) is 4.79 Å². The maximum Gasteiger partial charge on any atom is 0.434 e. The van der Waals surface area contributed by atoms with E-state index in [9.17, 15) is 18.0 Å². The Hall–Kier alpha value is -3.96. The quantitative estimate of drug-likeness (QED) is 0.468. The van der Waals surface area contributed by atoms with Crippen molar-refractivity contribution in [3.8, 4) is 11.6 Å². The Morgan fingerprint density at radius 1 is 1.12 bits per heavy atom. The summed E-state index contributed by atoms with van der Waals surface area (Å²) in [5.41, 5.74) is -0.0512. The fraction of sp³-hybridized carbons (Fsp3) is 0.286. The number of hydrogen-bond acceptors (Lipinski definition) is 6. The van der Waals surface area contributed by atoms with Crippen molar-refractivity contribution in [3.05, 3.63) is 66.5 Å². The van der Waals surface area contributed by atoms with E-state index in [4.69, 9.17) is 4.74 Å². The van der Waals surface area contributed by atoms with Crippen LogP contribution in [0.25, 0.3) is 11.3 Å². The molecule has 1 amide bonds. The number of nitrogens with zero attached hydrogens (tertiary/aromatic N) is 7. The minimum absolute atomic E-state index is 0.00607. The number of aromatic nitrogens is 6. The van der Waals surface area contributed by atoms with Crippen LogP contribution < -0.4 is 4.74 Å². The minimum atomic E-state index is -4.58. The SMILES string of the molecule is O=C(c1ccccc1-n1nccn1)N1CCCC(Oc2nccn3cc(C(F)(F)F)nc23)C1. The summed E-state index contributed by atoms with van der Waals surface area (Å²) in [5, 5.41) is 8.21. The largest absolute Gasteiger partial charge is 0.470 e. The number of ether oxygens (including phenoxy) is 1. The summed E-state index contributed by atoms with van der Waals surface area (Å²) in [6, 6.07) is 7.02. The topological polar surface area (TPSA) is 90.4 Å². The predicted molar refractivity (Wildman–Crippen MR) is 109 cm³/mol. The fourth-order valence-electron chi connectivity index (χ4n) is 3.83. The highest BCUT2D eigenvalue weighted by Crippen LogP contribution is 2.30. The standard InChI is InChI=1S/C21H18F3N7O2/c22-21(23,24)17-13-29-11-9-25-19(18(29)28-17)33-14-4-3-10-30(12-14)20(32)15-5-1-2-6-16(15)31-26-7-8-27-31/h1-2,5-9,11,13-14H,3-4,10,12H2. The summed E-state index contributed by atoms with van der Waals surface area (Å²) in [5.74, 6) is -0.212. The molecule has 4 aromatic rings. The molecule has 9 nitrogen and oxygen atoms in total. The molecule has 0 N–H and O–H groups in total. The number of likely N-dealkylation sites (tertiary alicyclic amines) is 1. The first-order valence-corrected chi connectivity index (χ1v) is 10.2. The Labute approximate surface area is 185 Å². The summed E-state index contributed by atoms with van der Waals surface area (Å²) in [7, 11) is 0. The van der Waals surface area contributed by atoms with Crippen molar-refractivity contribution < 1.29 is 22.7 Å². The molecular weight excluding hydrogens is 439 g/mol. The molecule has 1 unspecified atom stereocenters. The first kappa shape index (κ1) is 20.9. The number of imidazole rings is 1. The molecule has 0 aliphatic carbocycles. The highest BCUT2D eigenvalue weighted by atomic mass is 19.4. The average molecular weight is 457 g/mol. The molecule has 3 aromatic heterocycles. The molecule has 12 heteroatoms. The van der Waals surface area contributed by atoms with Crippen LogP contribution in [0, 0.1) is 0 Å². The van der Waals surface area contributed by atoms with E-state index >= 15 is 0 Å². The second kappa shape index (κ2) is 8.19. The van der Waals surface area contributed by atoms with E-state index in [1.165, 1.54) is 34.0 Å². The monoisotopic (exact) mass is 457 g/mol. The zero-order chi connectivity index (χ0) is 23.0. The zero-order valence-corrected chi connectivity index (χ0v) is 17.2. The zero-order valence-electron chi connectivity index (χ0n) is 17.2. The van der Waals surface area contributed by atoms with E-state index in [2.05, 4.69) is 20.2 Å². The third-order valence-electron chi connectivity index (χ3n) is 5.35. The van der Waals surface area contributed by atoms with Crippen molar-refractivity contribution in [2.75, 3.05) is 13.1 Å². The molecular formula is C21H18F3N7O2. The summed E-state index contributed by atoms with van der Waals surface area (Å²) in [4.78, 5) is 24.0. The van der Waals surface area contributed by atoms with Gasteiger partial charge in [0.05, 0.1) is 30.2 Å². The fourth-order valence-corrected chi connectivity index (χ4v) is 3.83. The van der Waals surface area contributed by atoms with E-state index in [0.29, 0.717) is 30.6 Å². The second-order valence-electron chi connectivity index (χ2n) is 7.56. The molecule has 0 spiro atoms. The lowest BCUT2D eigenvalue weighted by Crippen LogP contribution is -2.44. The van der Waals surface area contributed by atoms with Gasteiger partial charge in [-0.2, -0.15) is 28.2 Å². The summed E-state index contributed by atoms with van der Waals surface area (Å²) in [6.07, 6.45) is 2.95. The van der Waals surface area contributed by atoms with Crippen molar-refractivity contribution >= 4 is 11.6 Å². The van der Waals surface area contributed by atoms with Gasteiger partial charge >= 0.3 is 6.18 Å². The third kappa shape index (κ3) is 4.11. The summed E-state index contributed by atoms with van der Waals surface area (Å²) in [6.45, 7) is 0.786. The number of rotatable bonds is 4. The van der Waals surface area contributed by atoms with Crippen molar-refractivity contribution in [1.29, 1.82) is 0 Å². The van der Waals surface area contributed by atoms with E-state index in [0.717, 1.165) is 6.20 Å². The van der Waals surface area contributed by atoms with Crippen LogP contribution in [-0.2, 0) is 6.18 Å². The number of alkyl halides is 3. The number of carbonyl (C=O) groups is 1. The summed E-state index contributed by atoms with van der Waals surface area (Å²) >= 11 is 0.